The van der Waals surface area contributed by atoms with Gasteiger partial charge in [-0.2, -0.15) is 0 Å². The maximum Gasteiger partial charge on any atom is 0.328 e. The van der Waals surface area contributed by atoms with E-state index in [1.807, 2.05) is 18.2 Å². The molecule has 2 atom stereocenters. The third-order valence-electron chi connectivity index (χ3n) is 4.61. The van der Waals surface area contributed by atoms with Crippen LogP contribution in [0.25, 0.3) is 11.0 Å². The van der Waals surface area contributed by atoms with Gasteiger partial charge in [-0.15, -0.1) is 0 Å². The highest BCUT2D eigenvalue weighted by Gasteiger charge is 2.50. The summed E-state index contributed by atoms with van der Waals surface area (Å²) in [6, 6.07) is 5.79. The molecule has 1 aromatic carbocycles. The Bertz CT molecular complexity index is 709. The van der Waals surface area contributed by atoms with E-state index in [0.717, 1.165) is 23.0 Å². The number of rotatable bonds is 2. The summed E-state index contributed by atoms with van der Waals surface area (Å²) in [7, 11) is 3.53. The van der Waals surface area contributed by atoms with E-state index < -0.39 is 6.10 Å². The number of hydrogen-bond donors (Lipinski definition) is 1. The smallest absolute Gasteiger partial charge is 0.328 e. The number of aliphatic hydroxyl groups excluding tert-OH is 1. The minimum absolute atomic E-state index is 0.0339. The van der Waals surface area contributed by atoms with Gasteiger partial charge in [0.25, 0.3) is 0 Å². The molecule has 1 fully saturated rings. The lowest BCUT2D eigenvalue weighted by molar-refractivity contribution is 0.138. The van der Waals surface area contributed by atoms with Gasteiger partial charge in [0.15, 0.2) is 0 Å². The molecule has 4 heteroatoms. The molecule has 1 N–H and O–H groups in total. The Balaban J connectivity index is 2.07. The topological polar surface area (TPSA) is 47.2 Å². The number of aryl methyl sites for hydroxylation is 2. The van der Waals surface area contributed by atoms with Crippen LogP contribution in [0.3, 0.4) is 0 Å². The third-order valence-corrected chi connectivity index (χ3v) is 4.61. The lowest BCUT2D eigenvalue weighted by atomic mass is 9.99. The maximum atomic E-state index is 11.9. The number of aliphatic hydroxyl groups is 1. The molecule has 0 aliphatic heterocycles. The zero-order valence-electron chi connectivity index (χ0n) is 11.8. The predicted octanol–water partition coefficient (Wildman–Crippen LogP) is 1.96. The normalized spacial score (nSPS) is 22.7. The zero-order valence-corrected chi connectivity index (χ0v) is 11.8. The van der Waals surface area contributed by atoms with E-state index in [4.69, 9.17) is 0 Å². The minimum Gasteiger partial charge on any atom is -0.388 e. The molecule has 2 aromatic rings. The van der Waals surface area contributed by atoms with Crippen molar-refractivity contribution >= 4 is 11.0 Å². The van der Waals surface area contributed by atoms with Gasteiger partial charge in [0.05, 0.1) is 17.1 Å². The van der Waals surface area contributed by atoms with Crippen molar-refractivity contribution in [3.8, 4) is 0 Å². The summed E-state index contributed by atoms with van der Waals surface area (Å²) in [6.45, 7) is 4.36. The Kier molecular flexibility index (Phi) is 2.45. The Hall–Kier alpha value is -1.55. The van der Waals surface area contributed by atoms with Gasteiger partial charge in [0.1, 0.15) is 0 Å². The first kappa shape index (κ1) is 12.5. The lowest BCUT2D eigenvalue weighted by Gasteiger charge is -2.13. The molecule has 3 rings (SSSR count). The molecule has 19 heavy (non-hydrogen) atoms. The predicted molar refractivity (Wildman–Crippen MR) is 75.0 cm³/mol. The SMILES string of the molecule is Cn1c(=O)n(C)c2cc(C(O)C3CC3(C)C)ccc21. The van der Waals surface area contributed by atoms with Gasteiger partial charge in [-0.25, -0.2) is 4.79 Å². The van der Waals surface area contributed by atoms with E-state index in [9.17, 15) is 9.90 Å². The zero-order chi connectivity index (χ0) is 13.9. The van der Waals surface area contributed by atoms with Gasteiger partial charge < -0.3 is 5.11 Å². The molecule has 1 aliphatic carbocycles. The van der Waals surface area contributed by atoms with Gasteiger partial charge in [0, 0.05) is 14.1 Å². The van der Waals surface area contributed by atoms with Crippen LogP contribution in [0.4, 0.5) is 0 Å². The second-order valence-electron chi connectivity index (χ2n) is 6.39. The Labute approximate surface area is 112 Å². The van der Waals surface area contributed by atoms with Crippen molar-refractivity contribution in [3.63, 3.8) is 0 Å². The van der Waals surface area contributed by atoms with Crippen LogP contribution >= 0.6 is 0 Å². The molecule has 0 radical (unpaired) electrons. The van der Waals surface area contributed by atoms with Crippen molar-refractivity contribution in [1.82, 2.24) is 9.13 Å². The van der Waals surface area contributed by atoms with Crippen LogP contribution in [0.2, 0.25) is 0 Å². The molecule has 1 heterocycles. The molecular weight excluding hydrogens is 240 g/mol. The van der Waals surface area contributed by atoms with Crippen molar-refractivity contribution < 1.29 is 5.11 Å². The monoisotopic (exact) mass is 260 g/mol. The fourth-order valence-electron chi connectivity index (χ4n) is 2.99. The van der Waals surface area contributed by atoms with Gasteiger partial charge in [-0.3, -0.25) is 9.13 Å². The second-order valence-corrected chi connectivity index (χ2v) is 6.39. The minimum atomic E-state index is -0.435. The van der Waals surface area contributed by atoms with E-state index >= 15 is 0 Å². The highest BCUT2D eigenvalue weighted by atomic mass is 16.3. The molecule has 102 valence electrons. The quantitative estimate of drug-likeness (QED) is 0.897. The first-order valence-corrected chi connectivity index (χ1v) is 6.66. The highest BCUT2D eigenvalue weighted by Crippen LogP contribution is 2.57. The summed E-state index contributed by atoms with van der Waals surface area (Å²) in [6.07, 6.45) is 0.620. The Morgan fingerprint density at radius 2 is 1.84 bits per heavy atom. The van der Waals surface area contributed by atoms with Crippen LogP contribution in [0.15, 0.2) is 23.0 Å². The van der Waals surface area contributed by atoms with Gasteiger partial charge in [0.2, 0.25) is 0 Å². The number of benzene rings is 1. The summed E-state index contributed by atoms with van der Waals surface area (Å²) in [5, 5.41) is 10.4. The standard InChI is InChI=1S/C15H20N2O2/c1-15(2)8-10(15)13(18)9-5-6-11-12(7-9)17(4)14(19)16(11)3/h5-7,10,13,18H,8H2,1-4H3. The fourth-order valence-corrected chi connectivity index (χ4v) is 2.99. The van der Waals surface area contributed by atoms with E-state index in [2.05, 4.69) is 13.8 Å². The molecular formula is C15H20N2O2. The van der Waals surface area contributed by atoms with Crippen molar-refractivity contribution in [1.29, 1.82) is 0 Å². The van der Waals surface area contributed by atoms with Crippen LogP contribution in [-0.4, -0.2) is 14.2 Å². The second kappa shape index (κ2) is 3.73. The molecule has 2 unspecified atom stereocenters. The van der Waals surface area contributed by atoms with E-state index in [1.54, 1.807) is 23.2 Å². The molecule has 0 amide bonds. The highest BCUT2D eigenvalue weighted by molar-refractivity contribution is 5.77. The summed E-state index contributed by atoms with van der Waals surface area (Å²) in [4.78, 5) is 11.9. The number of imidazole rings is 1. The van der Waals surface area contributed by atoms with Gasteiger partial charge >= 0.3 is 5.69 Å². The van der Waals surface area contributed by atoms with Crippen LogP contribution in [0.5, 0.6) is 0 Å². The fraction of sp³-hybridized carbons (Fsp3) is 0.533. The molecule has 1 saturated carbocycles. The molecule has 1 aromatic heterocycles. The summed E-state index contributed by atoms with van der Waals surface area (Å²) < 4.78 is 3.26. The van der Waals surface area contributed by atoms with Crippen molar-refractivity contribution in [2.75, 3.05) is 0 Å². The molecule has 1 aliphatic rings. The molecule has 4 nitrogen and oxygen atoms in total. The first-order chi connectivity index (χ1) is 8.83. The van der Waals surface area contributed by atoms with Crippen molar-refractivity contribution in [2.45, 2.75) is 26.4 Å². The number of aromatic nitrogens is 2. The third kappa shape index (κ3) is 1.74. The van der Waals surface area contributed by atoms with Crippen LogP contribution in [-0.2, 0) is 14.1 Å². The van der Waals surface area contributed by atoms with Crippen LogP contribution < -0.4 is 5.69 Å². The van der Waals surface area contributed by atoms with E-state index in [1.165, 1.54) is 0 Å². The van der Waals surface area contributed by atoms with Gasteiger partial charge in [-0.05, 0) is 35.4 Å². The maximum absolute atomic E-state index is 11.9. The summed E-state index contributed by atoms with van der Waals surface area (Å²) in [5.74, 6) is 0.325. The average Bonchev–Trinajstić information content (AvgIpc) is 2.97. The Morgan fingerprint density at radius 3 is 2.42 bits per heavy atom. The first-order valence-electron chi connectivity index (χ1n) is 6.66. The van der Waals surface area contributed by atoms with Gasteiger partial charge in [-0.1, -0.05) is 19.9 Å². The van der Waals surface area contributed by atoms with E-state index in [0.29, 0.717) is 5.92 Å². The number of hydrogen-bond acceptors (Lipinski definition) is 2. The lowest BCUT2D eigenvalue weighted by Crippen LogP contribution is -2.19. The van der Waals surface area contributed by atoms with Crippen molar-refractivity contribution in [2.24, 2.45) is 25.4 Å². The van der Waals surface area contributed by atoms with Crippen LogP contribution in [0.1, 0.15) is 31.9 Å². The number of nitrogens with zero attached hydrogens (tertiary/aromatic N) is 2. The number of fused-ring (bicyclic) bond motifs is 1. The van der Waals surface area contributed by atoms with Crippen LogP contribution in [0, 0.1) is 11.3 Å². The molecule has 0 spiro atoms. The summed E-state index contributed by atoms with van der Waals surface area (Å²) >= 11 is 0. The Morgan fingerprint density at radius 1 is 1.26 bits per heavy atom. The molecule has 0 bridgehead atoms. The average molecular weight is 260 g/mol. The summed E-state index contributed by atoms with van der Waals surface area (Å²) in [5.41, 5.74) is 2.88. The van der Waals surface area contributed by atoms with Crippen molar-refractivity contribution in [3.05, 3.63) is 34.2 Å². The largest absolute Gasteiger partial charge is 0.388 e. The molecule has 0 saturated heterocycles. The van der Waals surface area contributed by atoms with E-state index in [-0.39, 0.29) is 11.1 Å².